The second-order valence-corrected chi connectivity index (χ2v) is 6.36. The molecule has 120 valence electrons. The van der Waals surface area contributed by atoms with Gasteiger partial charge in [-0.05, 0) is 42.7 Å². The Bertz CT molecular complexity index is 674. The van der Waals surface area contributed by atoms with Gasteiger partial charge in [-0.3, -0.25) is 9.69 Å². The number of piperazine rings is 1. The van der Waals surface area contributed by atoms with Gasteiger partial charge in [0.2, 0.25) is 0 Å². The van der Waals surface area contributed by atoms with Gasteiger partial charge in [0.25, 0.3) is 0 Å². The minimum atomic E-state index is 0.800. The van der Waals surface area contributed by atoms with Gasteiger partial charge in [0.15, 0.2) is 0 Å². The third kappa shape index (κ3) is 3.62. The van der Waals surface area contributed by atoms with Crippen LogP contribution >= 0.6 is 0 Å². The number of hydrogen-bond acceptors (Lipinski definition) is 3. The molecule has 0 spiro atoms. The van der Waals surface area contributed by atoms with E-state index in [-0.39, 0.29) is 0 Å². The molecule has 3 rings (SSSR count). The van der Waals surface area contributed by atoms with Crippen LogP contribution in [0.25, 0.3) is 0 Å². The van der Waals surface area contributed by atoms with Gasteiger partial charge in [0, 0.05) is 44.0 Å². The average molecular weight is 308 g/mol. The Hall–Kier alpha value is -2.13. The van der Waals surface area contributed by atoms with E-state index >= 15 is 0 Å². The van der Waals surface area contributed by atoms with E-state index in [0.717, 1.165) is 50.1 Å². The Morgan fingerprint density at radius 1 is 0.957 bits per heavy atom. The van der Waals surface area contributed by atoms with Gasteiger partial charge in [-0.2, -0.15) is 0 Å². The molecule has 0 amide bonds. The normalized spacial score (nSPS) is 15.7. The number of anilines is 1. The summed E-state index contributed by atoms with van der Waals surface area (Å²) >= 11 is 0. The lowest BCUT2D eigenvalue weighted by Crippen LogP contribution is -2.46. The minimum Gasteiger partial charge on any atom is -0.369 e. The Morgan fingerprint density at radius 2 is 1.65 bits per heavy atom. The zero-order chi connectivity index (χ0) is 16.2. The lowest BCUT2D eigenvalue weighted by molar-refractivity contribution is 0.112. The first-order valence-corrected chi connectivity index (χ1v) is 8.25. The molecule has 1 saturated heterocycles. The summed E-state index contributed by atoms with van der Waals surface area (Å²) in [7, 11) is 0. The summed E-state index contributed by atoms with van der Waals surface area (Å²) in [6.45, 7) is 9.35. The lowest BCUT2D eigenvalue weighted by atomic mass is 10.0. The fourth-order valence-corrected chi connectivity index (χ4v) is 3.28. The minimum absolute atomic E-state index is 0.800. The van der Waals surface area contributed by atoms with Crippen molar-refractivity contribution in [1.29, 1.82) is 0 Å². The second kappa shape index (κ2) is 6.97. The summed E-state index contributed by atoms with van der Waals surface area (Å²) in [6.07, 6.45) is 0.948. The molecule has 2 aromatic rings. The number of hydrogen-bond donors (Lipinski definition) is 0. The number of aryl methyl sites for hydroxylation is 2. The average Bonchev–Trinajstić information content (AvgIpc) is 2.58. The SMILES string of the molecule is Cc1cc(N2CCN(Cc3ccccc3)CC2)c(C)cc1C=O. The maximum absolute atomic E-state index is 11.1. The first-order chi connectivity index (χ1) is 11.2. The summed E-state index contributed by atoms with van der Waals surface area (Å²) in [5.74, 6) is 0. The summed E-state index contributed by atoms with van der Waals surface area (Å²) in [5, 5.41) is 0. The van der Waals surface area contributed by atoms with E-state index in [1.807, 2.05) is 13.0 Å². The van der Waals surface area contributed by atoms with E-state index in [0.29, 0.717) is 0 Å². The summed E-state index contributed by atoms with van der Waals surface area (Å²) in [4.78, 5) is 16.0. The van der Waals surface area contributed by atoms with Crippen molar-refractivity contribution in [1.82, 2.24) is 4.90 Å². The smallest absolute Gasteiger partial charge is 0.150 e. The largest absolute Gasteiger partial charge is 0.369 e. The molecule has 0 saturated carbocycles. The van der Waals surface area contributed by atoms with Crippen molar-refractivity contribution in [2.75, 3.05) is 31.1 Å². The Kier molecular flexibility index (Phi) is 4.77. The van der Waals surface area contributed by atoms with Crippen molar-refractivity contribution in [3.05, 3.63) is 64.7 Å². The van der Waals surface area contributed by atoms with Gasteiger partial charge in [0.1, 0.15) is 6.29 Å². The highest BCUT2D eigenvalue weighted by Gasteiger charge is 2.19. The molecule has 0 aliphatic carbocycles. The second-order valence-electron chi connectivity index (χ2n) is 6.36. The molecular formula is C20H24N2O. The van der Waals surface area contributed by atoms with Crippen molar-refractivity contribution in [3.8, 4) is 0 Å². The fourth-order valence-electron chi connectivity index (χ4n) is 3.28. The van der Waals surface area contributed by atoms with Crippen molar-refractivity contribution >= 4 is 12.0 Å². The zero-order valence-corrected chi connectivity index (χ0v) is 14.0. The number of benzene rings is 2. The molecular weight excluding hydrogens is 284 g/mol. The van der Waals surface area contributed by atoms with E-state index < -0.39 is 0 Å². The van der Waals surface area contributed by atoms with Gasteiger partial charge in [-0.1, -0.05) is 30.3 Å². The number of nitrogens with zero attached hydrogens (tertiary/aromatic N) is 2. The monoisotopic (exact) mass is 308 g/mol. The Labute approximate surface area is 138 Å². The van der Waals surface area contributed by atoms with Crippen LogP contribution in [-0.4, -0.2) is 37.4 Å². The summed E-state index contributed by atoms with van der Waals surface area (Å²) in [6, 6.07) is 14.8. The molecule has 3 nitrogen and oxygen atoms in total. The Morgan fingerprint density at radius 3 is 2.30 bits per heavy atom. The number of rotatable bonds is 4. The number of carbonyl (C=O) groups is 1. The van der Waals surface area contributed by atoms with Crippen molar-refractivity contribution < 1.29 is 4.79 Å². The maximum Gasteiger partial charge on any atom is 0.150 e. The van der Waals surface area contributed by atoms with Crippen LogP contribution in [-0.2, 0) is 6.54 Å². The van der Waals surface area contributed by atoms with Crippen LogP contribution in [0.15, 0.2) is 42.5 Å². The van der Waals surface area contributed by atoms with Crippen LogP contribution in [0.5, 0.6) is 0 Å². The molecule has 0 aromatic heterocycles. The maximum atomic E-state index is 11.1. The Balaban J connectivity index is 1.65. The molecule has 1 heterocycles. The quantitative estimate of drug-likeness (QED) is 0.808. The highest BCUT2D eigenvalue weighted by molar-refractivity contribution is 5.79. The molecule has 0 N–H and O–H groups in total. The first kappa shape index (κ1) is 15.8. The van der Waals surface area contributed by atoms with Crippen LogP contribution < -0.4 is 4.90 Å². The van der Waals surface area contributed by atoms with E-state index in [1.165, 1.54) is 16.8 Å². The summed E-state index contributed by atoms with van der Waals surface area (Å²) < 4.78 is 0. The van der Waals surface area contributed by atoms with Gasteiger partial charge in [0.05, 0.1) is 0 Å². The predicted octanol–water partition coefficient (Wildman–Crippen LogP) is 3.44. The topological polar surface area (TPSA) is 23.6 Å². The molecule has 23 heavy (non-hydrogen) atoms. The van der Waals surface area contributed by atoms with Gasteiger partial charge < -0.3 is 4.90 Å². The third-order valence-electron chi connectivity index (χ3n) is 4.67. The van der Waals surface area contributed by atoms with Crippen molar-refractivity contribution in [2.45, 2.75) is 20.4 Å². The fraction of sp³-hybridized carbons (Fsp3) is 0.350. The van der Waals surface area contributed by atoms with Gasteiger partial charge in [-0.25, -0.2) is 0 Å². The lowest BCUT2D eigenvalue weighted by Gasteiger charge is -2.37. The van der Waals surface area contributed by atoms with Crippen LogP contribution in [0.2, 0.25) is 0 Å². The van der Waals surface area contributed by atoms with Crippen LogP contribution in [0, 0.1) is 13.8 Å². The standard InChI is InChI=1S/C20H24N2O/c1-16-13-20(17(2)12-19(16)15-23)22-10-8-21(9-11-22)14-18-6-4-3-5-7-18/h3-7,12-13,15H,8-11,14H2,1-2H3. The molecule has 0 radical (unpaired) electrons. The van der Waals surface area contributed by atoms with E-state index in [4.69, 9.17) is 0 Å². The van der Waals surface area contributed by atoms with E-state index in [1.54, 1.807) is 0 Å². The van der Waals surface area contributed by atoms with Crippen LogP contribution in [0.4, 0.5) is 5.69 Å². The predicted molar refractivity (Wildman–Crippen MR) is 95.2 cm³/mol. The van der Waals surface area contributed by atoms with E-state index in [9.17, 15) is 4.79 Å². The summed E-state index contributed by atoms with van der Waals surface area (Å²) in [5.41, 5.74) is 5.70. The van der Waals surface area contributed by atoms with Crippen LogP contribution in [0.3, 0.4) is 0 Å². The van der Waals surface area contributed by atoms with E-state index in [2.05, 4.69) is 53.1 Å². The highest BCUT2D eigenvalue weighted by atomic mass is 16.1. The van der Waals surface area contributed by atoms with Crippen LogP contribution in [0.1, 0.15) is 27.0 Å². The molecule has 3 heteroatoms. The van der Waals surface area contributed by atoms with Gasteiger partial charge in [-0.15, -0.1) is 0 Å². The molecule has 0 unspecified atom stereocenters. The molecule has 1 fully saturated rings. The number of aldehydes is 1. The first-order valence-electron chi connectivity index (χ1n) is 8.25. The molecule has 1 aliphatic rings. The molecule has 0 bridgehead atoms. The number of carbonyl (C=O) groups excluding carboxylic acids is 1. The van der Waals surface area contributed by atoms with Gasteiger partial charge >= 0.3 is 0 Å². The molecule has 0 atom stereocenters. The van der Waals surface area contributed by atoms with Crippen molar-refractivity contribution in [2.24, 2.45) is 0 Å². The molecule has 1 aliphatic heterocycles. The third-order valence-corrected chi connectivity index (χ3v) is 4.67. The zero-order valence-electron chi connectivity index (χ0n) is 14.0. The molecule has 2 aromatic carbocycles. The highest BCUT2D eigenvalue weighted by Crippen LogP contribution is 2.25. The van der Waals surface area contributed by atoms with Crippen molar-refractivity contribution in [3.63, 3.8) is 0 Å².